The highest BCUT2D eigenvalue weighted by Gasteiger charge is 2.49. The number of nitrogens with zero attached hydrogens (tertiary/aromatic N) is 1. The van der Waals surface area contributed by atoms with Crippen LogP contribution >= 0.6 is 15.9 Å². The molecule has 0 atom stereocenters. The largest absolute Gasteiger partial charge is 0.508 e. The number of ketones is 2. The second-order valence-corrected chi connectivity index (χ2v) is 11.8. The average Bonchev–Trinajstić information content (AvgIpc) is 2.66. The molecule has 1 aliphatic heterocycles. The fourth-order valence-corrected chi connectivity index (χ4v) is 5.95. The summed E-state index contributed by atoms with van der Waals surface area (Å²) in [6.07, 6.45) is 2.35. The maximum absolute atomic E-state index is 13.6. The summed E-state index contributed by atoms with van der Waals surface area (Å²) in [7, 11) is 1.67. The van der Waals surface area contributed by atoms with Crippen LogP contribution in [0.2, 0.25) is 0 Å². The molecule has 6 heteroatoms. The number of phenols is 1. The second kappa shape index (κ2) is 8.14. The number of hydrogen-bond acceptors (Lipinski definition) is 5. The summed E-state index contributed by atoms with van der Waals surface area (Å²) in [5.41, 5.74) is 3.58. The van der Waals surface area contributed by atoms with Crippen LogP contribution in [0.5, 0.6) is 5.75 Å². The van der Waals surface area contributed by atoms with Crippen LogP contribution in [0.25, 0.3) is 0 Å². The quantitative estimate of drug-likeness (QED) is 0.590. The molecule has 0 saturated carbocycles. The van der Waals surface area contributed by atoms with Gasteiger partial charge in [0, 0.05) is 65.0 Å². The highest BCUT2D eigenvalue weighted by atomic mass is 79.9. The Kier molecular flexibility index (Phi) is 5.91. The van der Waals surface area contributed by atoms with E-state index >= 15 is 0 Å². The average molecular weight is 502 g/mol. The number of rotatable bonds is 4. The predicted octanol–water partition coefficient (Wildman–Crippen LogP) is 5.49. The molecule has 5 nitrogen and oxygen atoms in total. The van der Waals surface area contributed by atoms with Crippen molar-refractivity contribution in [2.24, 2.45) is 10.8 Å². The van der Waals surface area contributed by atoms with E-state index in [2.05, 4.69) is 48.5 Å². The first-order valence-electron chi connectivity index (χ1n) is 11.2. The van der Waals surface area contributed by atoms with Gasteiger partial charge < -0.3 is 14.7 Å². The SMILES string of the molecule is COCCN1C2=C(C(=O)CC(C)(C)C2)C(c2cc(Br)ccc2O)C2=C1CC(C)(C)CC2=O. The van der Waals surface area contributed by atoms with Crippen LogP contribution in [-0.2, 0) is 14.3 Å². The Morgan fingerprint density at radius 3 is 2.03 bits per heavy atom. The number of benzene rings is 1. The van der Waals surface area contributed by atoms with E-state index in [1.165, 1.54) is 0 Å². The standard InChI is InChI=1S/C26H32BrNO4/c1-25(2)11-17-23(20(30)13-25)22(16-10-15(27)6-7-19(16)29)24-18(28(17)8-9-32-5)12-26(3,4)14-21(24)31/h6-7,10,22,29H,8-9,11-14H2,1-5H3. The molecule has 0 bridgehead atoms. The number of allylic oxidation sites excluding steroid dienone is 4. The molecule has 1 N–H and O–H groups in total. The van der Waals surface area contributed by atoms with E-state index in [0.717, 1.165) is 28.7 Å². The minimum absolute atomic E-state index is 0.0622. The molecular weight excluding hydrogens is 470 g/mol. The summed E-state index contributed by atoms with van der Waals surface area (Å²) in [4.78, 5) is 29.4. The topological polar surface area (TPSA) is 66.8 Å². The van der Waals surface area contributed by atoms with Gasteiger partial charge in [0.1, 0.15) is 5.75 Å². The van der Waals surface area contributed by atoms with Crippen molar-refractivity contribution in [3.05, 3.63) is 50.8 Å². The Hall–Kier alpha value is -1.92. The Bertz CT molecular complexity index is 996. The molecule has 32 heavy (non-hydrogen) atoms. The number of carbonyl (C=O) groups is 2. The molecule has 1 aromatic rings. The maximum atomic E-state index is 13.6. The Morgan fingerprint density at radius 1 is 1.00 bits per heavy atom. The highest BCUT2D eigenvalue weighted by molar-refractivity contribution is 9.10. The second-order valence-electron chi connectivity index (χ2n) is 10.9. The molecule has 0 fully saturated rings. The molecule has 1 aromatic carbocycles. The van der Waals surface area contributed by atoms with Gasteiger partial charge in [-0.25, -0.2) is 0 Å². The third kappa shape index (κ3) is 4.08. The van der Waals surface area contributed by atoms with Crippen molar-refractivity contribution in [1.29, 1.82) is 0 Å². The Labute approximate surface area is 198 Å². The van der Waals surface area contributed by atoms with Crippen molar-refractivity contribution in [3.63, 3.8) is 0 Å². The molecule has 0 saturated heterocycles. The number of halogens is 1. The lowest BCUT2D eigenvalue weighted by Gasteiger charge is -2.49. The van der Waals surface area contributed by atoms with Gasteiger partial charge in [0.2, 0.25) is 0 Å². The molecule has 4 rings (SSSR count). The summed E-state index contributed by atoms with van der Waals surface area (Å²) >= 11 is 3.51. The van der Waals surface area contributed by atoms with Gasteiger partial charge in [-0.2, -0.15) is 0 Å². The third-order valence-corrected chi connectivity index (χ3v) is 7.33. The first-order valence-corrected chi connectivity index (χ1v) is 12.0. The van der Waals surface area contributed by atoms with Crippen molar-refractivity contribution in [2.75, 3.05) is 20.3 Å². The minimum atomic E-state index is -0.538. The zero-order valence-electron chi connectivity index (χ0n) is 19.5. The zero-order chi connectivity index (χ0) is 23.4. The minimum Gasteiger partial charge on any atom is -0.508 e. The molecule has 0 spiro atoms. The van der Waals surface area contributed by atoms with Crippen molar-refractivity contribution in [3.8, 4) is 5.75 Å². The summed E-state index contributed by atoms with van der Waals surface area (Å²) < 4.78 is 6.21. The van der Waals surface area contributed by atoms with Gasteiger partial charge in [-0.15, -0.1) is 0 Å². The Balaban J connectivity index is 2.01. The van der Waals surface area contributed by atoms with Gasteiger partial charge in [-0.1, -0.05) is 43.6 Å². The van der Waals surface area contributed by atoms with Crippen LogP contribution < -0.4 is 0 Å². The van der Waals surface area contributed by atoms with E-state index in [1.54, 1.807) is 19.2 Å². The van der Waals surface area contributed by atoms with Crippen LogP contribution in [0.15, 0.2) is 45.2 Å². The van der Waals surface area contributed by atoms with E-state index in [9.17, 15) is 14.7 Å². The number of Topliss-reactive ketones (excluding diaryl/α,β-unsaturated/α-hetero) is 2. The van der Waals surface area contributed by atoms with Crippen molar-refractivity contribution >= 4 is 27.5 Å². The number of carbonyl (C=O) groups excluding carboxylic acids is 2. The van der Waals surface area contributed by atoms with Crippen LogP contribution in [0.3, 0.4) is 0 Å². The molecule has 0 unspecified atom stereocenters. The summed E-state index contributed by atoms with van der Waals surface area (Å²) in [5, 5.41) is 10.8. The number of ether oxygens (including phenoxy) is 1. The lowest BCUT2D eigenvalue weighted by Crippen LogP contribution is -2.45. The van der Waals surface area contributed by atoms with Gasteiger partial charge in [0.25, 0.3) is 0 Å². The van der Waals surface area contributed by atoms with Gasteiger partial charge in [0.15, 0.2) is 11.6 Å². The summed E-state index contributed by atoms with van der Waals surface area (Å²) in [6.45, 7) is 9.58. The molecule has 172 valence electrons. The first kappa shape index (κ1) is 23.2. The number of aromatic hydroxyl groups is 1. The van der Waals surface area contributed by atoms with E-state index in [4.69, 9.17) is 4.74 Å². The first-order chi connectivity index (χ1) is 14.9. The summed E-state index contributed by atoms with van der Waals surface area (Å²) in [5.74, 6) is -0.305. The molecule has 1 heterocycles. The van der Waals surface area contributed by atoms with Crippen molar-refractivity contribution in [2.45, 2.75) is 59.3 Å². The van der Waals surface area contributed by atoms with Crippen LogP contribution in [0, 0.1) is 10.8 Å². The lowest BCUT2D eigenvalue weighted by atomic mass is 9.63. The van der Waals surface area contributed by atoms with Crippen LogP contribution in [0.4, 0.5) is 0 Å². The summed E-state index contributed by atoms with van der Waals surface area (Å²) in [6, 6.07) is 5.25. The molecular formula is C26H32BrNO4. The van der Waals surface area contributed by atoms with Gasteiger partial charge in [0.05, 0.1) is 6.61 Å². The van der Waals surface area contributed by atoms with E-state index < -0.39 is 5.92 Å². The number of hydrogen-bond donors (Lipinski definition) is 1. The monoisotopic (exact) mass is 501 g/mol. The Morgan fingerprint density at radius 2 is 1.53 bits per heavy atom. The number of methoxy groups -OCH3 is 1. The molecule has 3 aliphatic rings. The van der Waals surface area contributed by atoms with Crippen LogP contribution in [0.1, 0.15) is 64.9 Å². The van der Waals surface area contributed by atoms with Gasteiger partial charge >= 0.3 is 0 Å². The van der Waals surface area contributed by atoms with Gasteiger partial charge in [-0.3, -0.25) is 9.59 Å². The maximum Gasteiger partial charge on any atom is 0.162 e. The lowest BCUT2D eigenvalue weighted by molar-refractivity contribution is -0.119. The van der Waals surface area contributed by atoms with E-state index in [-0.39, 0.29) is 28.1 Å². The van der Waals surface area contributed by atoms with Crippen LogP contribution in [-0.4, -0.2) is 41.8 Å². The highest BCUT2D eigenvalue weighted by Crippen LogP contribution is 2.55. The van der Waals surface area contributed by atoms with Crippen molar-refractivity contribution < 1.29 is 19.4 Å². The van der Waals surface area contributed by atoms with Crippen molar-refractivity contribution in [1.82, 2.24) is 4.90 Å². The number of phenolic OH excluding ortho intramolecular Hbond substituents is 1. The predicted molar refractivity (Wildman–Crippen MR) is 127 cm³/mol. The van der Waals surface area contributed by atoms with Gasteiger partial charge in [-0.05, 0) is 41.9 Å². The zero-order valence-corrected chi connectivity index (χ0v) is 21.1. The smallest absolute Gasteiger partial charge is 0.162 e. The molecule has 0 radical (unpaired) electrons. The molecule has 0 amide bonds. The van der Waals surface area contributed by atoms with E-state index in [0.29, 0.717) is 42.7 Å². The normalized spacial score (nSPS) is 22.9. The molecule has 0 aromatic heterocycles. The fourth-order valence-electron chi connectivity index (χ4n) is 5.57. The van der Waals surface area contributed by atoms with E-state index in [1.807, 2.05) is 6.07 Å². The molecule has 2 aliphatic carbocycles. The fraction of sp³-hybridized carbons (Fsp3) is 0.538. The third-order valence-electron chi connectivity index (χ3n) is 6.84.